The van der Waals surface area contributed by atoms with E-state index in [0.29, 0.717) is 0 Å². The molecular formula is C6H8N3. The molecule has 3 nitrogen and oxygen atoms in total. The van der Waals surface area contributed by atoms with Crippen LogP contribution < -0.4 is 5.32 Å². The molecule has 0 aliphatic carbocycles. The molecule has 1 aromatic rings. The van der Waals surface area contributed by atoms with Crippen molar-refractivity contribution >= 4 is 5.69 Å². The molecule has 0 saturated heterocycles. The first-order valence-corrected chi connectivity index (χ1v) is 2.71. The fraction of sp³-hybridized carbons (Fsp3) is 0.333. The van der Waals surface area contributed by atoms with Gasteiger partial charge in [-0.05, 0) is 6.92 Å². The molecule has 47 valence electrons. The smallest absolute Gasteiger partial charge is 0.125 e. The highest BCUT2D eigenvalue weighted by Gasteiger charge is 1.88. The maximum atomic E-state index is 3.95. The summed E-state index contributed by atoms with van der Waals surface area (Å²) in [6.45, 7) is 1.85. The van der Waals surface area contributed by atoms with E-state index >= 15 is 0 Å². The van der Waals surface area contributed by atoms with Gasteiger partial charge in [-0.3, -0.25) is 5.32 Å². The van der Waals surface area contributed by atoms with E-state index in [4.69, 9.17) is 0 Å². The minimum Gasteiger partial charge on any atom is -0.285 e. The summed E-state index contributed by atoms with van der Waals surface area (Å²) in [6.07, 6.45) is 3.39. The predicted molar refractivity (Wildman–Crippen MR) is 34.5 cm³/mol. The zero-order valence-corrected chi connectivity index (χ0v) is 5.50. The highest BCUT2D eigenvalue weighted by atomic mass is 14.9. The van der Waals surface area contributed by atoms with E-state index in [-0.39, 0.29) is 0 Å². The van der Waals surface area contributed by atoms with Gasteiger partial charge in [0.25, 0.3) is 0 Å². The van der Waals surface area contributed by atoms with Crippen molar-refractivity contribution < 1.29 is 0 Å². The Morgan fingerprint density at radius 2 is 1.89 bits per heavy atom. The van der Waals surface area contributed by atoms with Crippen LogP contribution in [0, 0.1) is 6.92 Å². The fourth-order valence-corrected chi connectivity index (χ4v) is 0.501. The van der Waals surface area contributed by atoms with Gasteiger partial charge in [0.1, 0.15) is 5.82 Å². The lowest BCUT2D eigenvalue weighted by Gasteiger charge is -1.93. The molecule has 0 fully saturated rings. The quantitative estimate of drug-likeness (QED) is 0.548. The Balaban J connectivity index is 2.88. The molecule has 1 aromatic heterocycles. The summed E-state index contributed by atoms with van der Waals surface area (Å²) in [5, 5.41) is 3.89. The molecule has 0 aliphatic rings. The number of aryl methyl sites for hydroxylation is 1. The summed E-state index contributed by atoms with van der Waals surface area (Å²) in [5.74, 6) is 0.780. The molecule has 0 aliphatic heterocycles. The number of rotatable bonds is 1. The Morgan fingerprint density at radius 3 is 2.33 bits per heavy atom. The topological polar surface area (TPSA) is 39.9 Å². The maximum absolute atomic E-state index is 3.95. The lowest BCUT2D eigenvalue weighted by Crippen LogP contribution is -1.91. The Kier molecular flexibility index (Phi) is 1.63. The second-order valence-corrected chi connectivity index (χ2v) is 1.71. The molecule has 1 heterocycles. The van der Waals surface area contributed by atoms with Gasteiger partial charge in [-0.2, -0.15) is 0 Å². The number of aromatic nitrogens is 2. The van der Waals surface area contributed by atoms with Gasteiger partial charge in [-0.25, -0.2) is 9.97 Å². The van der Waals surface area contributed by atoms with Crippen molar-refractivity contribution in [2.75, 3.05) is 7.05 Å². The summed E-state index contributed by atoms with van der Waals surface area (Å²) in [5.41, 5.74) is 0.820. The van der Waals surface area contributed by atoms with Crippen molar-refractivity contribution in [2.24, 2.45) is 0 Å². The molecule has 3 heteroatoms. The van der Waals surface area contributed by atoms with Gasteiger partial charge in [-0.1, -0.05) is 0 Å². The highest BCUT2D eigenvalue weighted by Crippen LogP contribution is 1.99. The van der Waals surface area contributed by atoms with Crippen LogP contribution in [-0.4, -0.2) is 17.0 Å². The summed E-state index contributed by atoms with van der Waals surface area (Å²) in [6, 6.07) is 0. The standard InChI is InChI=1S/C6H8N3/c1-5-8-3-6(7-2)4-9-5/h3-4H,1-2H3. The third-order valence-corrected chi connectivity index (χ3v) is 1.03. The van der Waals surface area contributed by atoms with Gasteiger partial charge in [0.15, 0.2) is 0 Å². The van der Waals surface area contributed by atoms with E-state index in [2.05, 4.69) is 15.3 Å². The number of hydrogen-bond donors (Lipinski definition) is 0. The van der Waals surface area contributed by atoms with Crippen LogP contribution in [0.25, 0.3) is 0 Å². The van der Waals surface area contributed by atoms with E-state index < -0.39 is 0 Å². The van der Waals surface area contributed by atoms with Crippen LogP contribution >= 0.6 is 0 Å². The van der Waals surface area contributed by atoms with Crippen molar-refractivity contribution in [2.45, 2.75) is 6.92 Å². The Hall–Kier alpha value is -1.12. The zero-order valence-electron chi connectivity index (χ0n) is 5.50. The van der Waals surface area contributed by atoms with E-state index in [9.17, 15) is 0 Å². The third-order valence-electron chi connectivity index (χ3n) is 1.03. The molecule has 0 bridgehead atoms. The largest absolute Gasteiger partial charge is 0.285 e. The number of nitrogens with zero attached hydrogens (tertiary/aromatic N) is 3. The highest BCUT2D eigenvalue weighted by molar-refractivity contribution is 5.27. The van der Waals surface area contributed by atoms with Gasteiger partial charge in [0.05, 0.1) is 18.1 Å². The van der Waals surface area contributed by atoms with Crippen LogP contribution in [0.4, 0.5) is 5.69 Å². The van der Waals surface area contributed by atoms with Crippen LogP contribution in [0.15, 0.2) is 12.4 Å². The zero-order chi connectivity index (χ0) is 6.69. The van der Waals surface area contributed by atoms with Crippen LogP contribution in [0.1, 0.15) is 5.82 Å². The summed E-state index contributed by atoms with van der Waals surface area (Å²) in [4.78, 5) is 7.89. The second kappa shape index (κ2) is 2.44. The Labute approximate surface area is 54.2 Å². The van der Waals surface area contributed by atoms with Crippen molar-refractivity contribution in [1.29, 1.82) is 0 Å². The molecule has 0 unspecified atom stereocenters. The molecule has 0 saturated carbocycles. The van der Waals surface area contributed by atoms with E-state index in [1.54, 1.807) is 19.4 Å². The normalized spacial score (nSPS) is 9.11. The molecule has 0 spiro atoms. The van der Waals surface area contributed by atoms with Gasteiger partial charge in [0, 0.05) is 7.05 Å². The molecule has 1 rings (SSSR count). The van der Waals surface area contributed by atoms with Gasteiger partial charge in [0.2, 0.25) is 0 Å². The molecule has 1 radical (unpaired) electrons. The lowest BCUT2D eigenvalue weighted by atomic mass is 10.5. The van der Waals surface area contributed by atoms with Crippen LogP contribution in [-0.2, 0) is 0 Å². The first-order chi connectivity index (χ1) is 4.33. The summed E-state index contributed by atoms with van der Waals surface area (Å²) >= 11 is 0. The average molecular weight is 122 g/mol. The van der Waals surface area contributed by atoms with Crippen LogP contribution in [0.2, 0.25) is 0 Å². The molecule has 0 amide bonds. The second-order valence-electron chi connectivity index (χ2n) is 1.71. The van der Waals surface area contributed by atoms with E-state index in [0.717, 1.165) is 11.5 Å². The van der Waals surface area contributed by atoms with Gasteiger partial charge >= 0.3 is 0 Å². The van der Waals surface area contributed by atoms with E-state index in [1.165, 1.54) is 0 Å². The lowest BCUT2D eigenvalue weighted by molar-refractivity contribution is 0.991. The van der Waals surface area contributed by atoms with Crippen LogP contribution in [0.3, 0.4) is 0 Å². The maximum Gasteiger partial charge on any atom is 0.125 e. The minimum atomic E-state index is 0.780. The first kappa shape index (κ1) is 6.01. The fourth-order valence-electron chi connectivity index (χ4n) is 0.501. The molecule has 9 heavy (non-hydrogen) atoms. The molecule has 0 aromatic carbocycles. The number of hydrogen-bond acceptors (Lipinski definition) is 2. The molecular weight excluding hydrogens is 114 g/mol. The average Bonchev–Trinajstić information content (AvgIpc) is 1.90. The van der Waals surface area contributed by atoms with Crippen molar-refractivity contribution in [3.05, 3.63) is 18.2 Å². The molecule has 0 N–H and O–H groups in total. The first-order valence-electron chi connectivity index (χ1n) is 2.71. The van der Waals surface area contributed by atoms with Crippen molar-refractivity contribution in [3.63, 3.8) is 0 Å². The van der Waals surface area contributed by atoms with Gasteiger partial charge in [-0.15, -0.1) is 0 Å². The third kappa shape index (κ3) is 1.38. The SMILES string of the molecule is C[N]c1cnc(C)nc1. The van der Waals surface area contributed by atoms with Crippen molar-refractivity contribution in [3.8, 4) is 0 Å². The minimum absolute atomic E-state index is 0.780. The Morgan fingerprint density at radius 1 is 1.33 bits per heavy atom. The predicted octanol–water partition coefficient (Wildman–Crippen LogP) is 0.651. The van der Waals surface area contributed by atoms with E-state index in [1.807, 2.05) is 6.92 Å². The van der Waals surface area contributed by atoms with Gasteiger partial charge < -0.3 is 0 Å². The Bertz CT molecular complexity index is 180. The summed E-state index contributed by atoms with van der Waals surface area (Å²) in [7, 11) is 1.72. The van der Waals surface area contributed by atoms with Crippen molar-refractivity contribution in [1.82, 2.24) is 15.3 Å². The molecule has 0 atom stereocenters. The summed E-state index contributed by atoms with van der Waals surface area (Å²) < 4.78 is 0. The monoisotopic (exact) mass is 122 g/mol. The van der Waals surface area contributed by atoms with Crippen LogP contribution in [0.5, 0.6) is 0 Å².